The third-order valence-electron chi connectivity index (χ3n) is 11.1. The molecule has 6 heteroatoms. The van der Waals surface area contributed by atoms with Crippen molar-refractivity contribution in [1.82, 2.24) is 9.55 Å². The van der Waals surface area contributed by atoms with Crippen LogP contribution in [0.5, 0.6) is 0 Å². The van der Waals surface area contributed by atoms with Gasteiger partial charge in [0.2, 0.25) is 0 Å². The second-order valence-corrected chi connectivity index (χ2v) is 15.7. The van der Waals surface area contributed by atoms with Crippen LogP contribution < -0.4 is 14.7 Å². The summed E-state index contributed by atoms with van der Waals surface area (Å²) in [5.41, 5.74) is 11.9. The Labute approximate surface area is 365 Å². The molecule has 1 aliphatic rings. The first-order valence-electron chi connectivity index (χ1n) is 21.2. The average Bonchev–Trinajstić information content (AvgIpc) is 3.84. The van der Waals surface area contributed by atoms with E-state index in [9.17, 15) is 0 Å². The van der Waals surface area contributed by atoms with Gasteiger partial charge < -0.3 is 19.3 Å². The normalized spacial score (nSPS) is 13.4. The van der Waals surface area contributed by atoms with Crippen LogP contribution in [0, 0.1) is 19.0 Å². The number of aryl methyl sites for hydroxylation is 1. The Morgan fingerprint density at radius 1 is 0.627 bits per heavy atom. The number of hydrogen-bond acceptors (Lipinski definition) is 4. The van der Waals surface area contributed by atoms with Gasteiger partial charge in [0, 0.05) is 32.5 Å². The van der Waals surface area contributed by atoms with Gasteiger partial charge in [-0.15, -0.1) is 35.7 Å². The van der Waals surface area contributed by atoms with Gasteiger partial charge in [-0.1, -0.05) is 132 Å². The van der Waals surface area contributed by atoms with Crippen LogP contribution in [0.15, 0.2) is 176 Å². The van der Waals surface area contributed by atoms with Gasteiger partial charge in [0.25, 0.3) is 0 Å². The summed E-state index contributed by atoms with van der Waals surface area (Å²) in [5, 5.41) is 2.00. The number of nitrogens with zero attached hydrogens (tertiary/aromatic N) is 5. The predicted molar refractivity (Wildman–Crippen MR) is 242 cm³/mol. The van der Waals surface area contributed by atoms with Crippen LogP contribution in [-0.2, 0) is 21.1 Å². The maximum absolute atomic E-state index is 8.22. The third-order valence-corrected chi connectivity index (χ3v) is 11.1. The minimum Gasteiger partial charge on any atom is -0.357 e. The molecule has 0 radical (unpaired) electrons. The van der Waals surface area contributed by atoms with Crippen molar-refractivity contribution in [3.8, 4) is 28.1 Å². The quantitative estimate of drug-likeness (QED) is 0.149. The molecule has 290 valence electrons. The Morgan fingerprint density at radius 3 is 1.98 bits per heavy atom. The van der Waals surface area contributed by atoms with Crippen molar-refractivity contribution in [1.29, 1.82) is 0 Å². The molecule has 0 N–H and O–H groups in total. The van der Waals surface area contributed by atoms with E-state index < -0.39 is 6.85 Å². The van der Waals surface area contributed by atoms with E-state index in [1.54, 1.807) is 18.3 Å². The minimum absolute atomic E-state index is 0. The van der Waals surface area contributed by atoms with E-state index in [-0.39, 0.29) is 32.2 Å². The van der Waals surface area contributed by atoms with Gasteiger partial charge in [-0.2, -0.15) is 12.1 Å². The molecule has 3 heterocycles. The van der Waals surface area contributed by atoms with Crippen molar-refractivity contribution in [3.05, 3.63) is 194 Å². The van der Waals surface area contributed by atoms with Gasteiger partial charge in [-0.05, 0) is 80.0 Å². The Hall–Kier alpha value is -6.42. The summed E-state index contributed by atoms with van der Waals surface area (Å²) in [6, 6.07) is 66.0. The number of rotatable bonds is 7. The molecule has 0 saturated heterocycles. The largest absolute Gasteiger partial charge is 2.00 e. The van der Waals surface area contributed by atoms with E-state index in [1.165, 1.54) is 5.69 Å². The van der Waals surface area contributed by atoms with Gasteiger partial charge in [0.15, 0.2) is 0 Å². The van der Waals surface area contributed by atoms with Crippen LogP contribution in [0.25, 0.3) is 49.9 Å². The molecule has 0 saturated carbocycles. The molecule has 10 rings (SSSR count). The average molecular weight is 948 g/mol. The summed E-state index contributed by atoms with van der Waals surface area (Å²) >= 11 is 0. The topological polar surface area (TPSA) is 27.5 Å². The zero-order valence-corrected chi connectivity index (χ0v) is 35.3. The van der Waals surface area contributed by atoms with E-state index >= 15 is 0 Å². The first-order chi connectivity index (χ1) is 29.5. The first kappa shape index (κ1) is 34.6. The number of aromatic nitrogens is 2. The molecule has 0 amide bonds. The number of para-hydroxylation sites is 4. The Balaban J connectivity index is 0.00000490. The summed E-state index contributed by atoms with van der Waals surface area (Å²) in [5.74, 6) is 0.513. The van der Waals surface area contributed by atoms with E-state index in [2.05, 4.69) is 181 Å². The van der Waals surface area contributed by atoms with Crippen molar-refractivity contribution in [3.63, 3.8) is 0 Å². The van der Waals surface area contributed by atoms with Gasteiger partial charge in [-0.3, -0.25) is 0 Å². The zero-order chi connectivity index (χ0) is 41.9. The summed E-state index contributed by atoms with van der Waals surface area (Å²) < 4.78 is 26.7. The van der Waals surface area contributed by atoms with Crippen molar-refractivity contribution in [2.45, 2.75) is 33.2 Å². The molecule has 0 bridgehead atoms. The number of hydrogen-bond donors (Lipinski definition) is 0. The molecule has 7 aromatic carbocycles. The molecule has 2 aromatic heterocycles. The van der Waals surface area contributed by atoms with Crippen LogP contribution in [0.2, 0.25) is 0 Å². The van der Waals surface area contributed by atoms with Gasteiger partial charge >= 0.3 is 21.1 Å². The minimum atomic E-state index is -2.29. The zero-order valence-electron chi connectivity index (χ0n) is 36.0. The number of anilines is 6. The summed E-state index contributed by atoms with van der Waals surface area (Å²) in [6.45, 7) is 5.14. The monoisotopic (exact) mass is 947 g/mol. The molecular weight excluding hydrogens is 902 g/mol. The first-order valence-corrected chi connectivity index (χ1v) is 19.7. The molecule has 59 heavy (non-hydrogen) atoms. The molecule has 0 fully saturated rings. The van der Waals surface area contributed by atoms with Crippen LogP contribution in [0.1, 0.15) is 30.4 Å². The van der Waals surface area contributed by atoms with Gasteiger partial charge in [0.1, 0.15) is 5.82 Å². The van der Waals surface area contributed by atoms with Crippen LogP contribution >= 0.6 is 0 Å². The molecule has 5 nitrogen and oxygen atoms in total. The Bertz CT molecular complexity index is 3010. The summed E-state index contributed by atoms with van der Waals surface area (Å²) in [7, 11) is 0. The van der Waals surface area contributed by atoms with Crippen molar-refractivity contribution < 1.29 is 25.2 Å². The van der Waals surface area contributed by atoms with Crippen molar-refractivity contribution in [2.75, 3.05) is 21.4 Å². The van der Waals surface area contributed by atoms with Crippen LogP contribution in [0.4, 0.5) is 34.1 Å². The second kappa shape index (κ2) is 15.4. The predicted octanol–water partition coefficient (Wildman–Crippen LogP) is 13.6. The molecule has 0 spiro atoms. The second-order valence-electron chi connectivity index (χ2n) is 15.7. The van der Waals surface area contributed by atoms with Crippen molar-refractivity contribution >= 4 is 55.9 Å². The van der Waals surface area contributed by atoms with E-state index in [4.69, 9.17) is 9.10 Å². The molecule has 0 aliphatic carbocycles. The maximum atomic E-state index is 8.22. The van der Waals surface area contributed by atoms with Crippen LogP contribution in [-0.4, -0.2) is 21.8 Å². The Kier molecular flexibility index (Phi) is 9.03. The fourth-order valence-electron chi connectivity index (χ4n) is 8.37. The SMILES string of the molecule is [2H]C([2H])([2H])c1ccnc(-n2c3[c-]c(N(c4[c-]c(N5CN(C(C)(C)C)c6ccccc65)ccc4)c4c(-c5ccccc5)cccc4-c4ccccc4)ccc3c3ccccc32)c1.[Pt+2]. The van der Waals surface area contributed by atoms with E-state index in [0.29, 0.717) is 12.5 Å². The molecular formula is C53H43N5Pt. The van der Waals surface area contributed by atoms with Gasteiger partial charge in [-0.25, -0.2) is 4.98 Å². The van der Waals surface area contributed by atoms with Gasteiger partial charge in [0.05, 0.1) is 23.7 Å². The standard InChI is InChI=1S/C53H43N5.Pt/c1-37-31-32-54-51(33-37)58-47-26-12-11-23-45(47)46-30-29-42(35-50(46)58)57(52-43(38-17-7-5-8-18-38)24-16-25-44(52)39-19-9-6-10-20-39)41-22-15-21-40(34-41)55-36-56(53(2,3)4)49-28-14-13-27-48(49)55;/h5-33H,36H2,1-4H3;/q-2;+2/i1D3;. The fraction of sp³-hybridized carbons (Fsp3) is 0.113. The smallest absolute Gasteiger partial charge is 0.357 e. The van der Waals surface area contributed by atoms with E-state index in [0.717, 1.165) is 72.5 Å². The maximum Gasteiger partial charge on any atom is 2.00 e. The molecule has 0 atom stereocenters. The number of fused-ring (bicyclic) bond motifs is 4. The van der Waals surface area contributed by atoms with Crippen LogP contribution in [0.3, 0.4) is 0 Å². The fourth-order valence-corrected chi connectivity index (χ4v) is 8.37. The molecule has 0 unspecified atom stereocenters. The number of benzene rings is 7. The summed E-state index contributed by atoms with van der Waals surface area (Å²) in [6.07, 6.45) is 1.58. The number of pyridine rings is 1. The molecule has 9 aromatic rings. The summed E-state index contributed by atoms with van der Waals surface area (Å²) in [4.78, 5) is 11.8. The Morgan fingerprint density at radius 2 is 1.27 bits per heavy atom. The van der Waals surface area contributed by atoms with Crippen molar-refractivity contribution in [2.24, 2.45) is 0 Å². The van der Waals surface area contributed by atoms with E-state index in [1.807, 2.05) is 28.8 Å². The third kappa shape index (κ3) is 6.80. The molecule has 1 aliphatic heterocycles.